The maximum Gasteiger partial charge on any atom is 0.121 e. The van der Waals surface area contributed by atoms with Crippen molar-refractivity contribution in [2.45, 2.75) is 20.3 Å². The molecule has 0 radical (unpaired) electrons. The second-order valence-corrected chi connectivity index (χ2v) is 4.75. The van der Waals surface area contributed by atoms with Gasteiger partial charge in [0, 0.05) is 12.4 Å². The van der Waals surface area contributed by atoms with Crippen LogP contribution in [0.4, 0.5) is 0 Å². The van der Waals surface area contributed by atoms with E-state index in [2.05, 4.69) is 37.0 Å². The van der Waals surface area contributed by atoms with E-state index in [0.29, 0.717) is 0 Å². The average Bonchev–Trinajstić information content (AvgIpc) is 2.40. The lowest BCUT2D eigenvalue weighted by atomic mass is 10.0. The highest BCUT2D eigenvalue weighted by Gasteiger charge is 2.01. The third-order valence-electron chi connectivity index (χ3n) is 3.06. The van der Waals surface area contributed by atoms with Crippen LogP contribution in [0.3, 0.4) is 0 Å². The van der Waals surface area contributed by atoms with Gasteiger partial charge in [0.2, 0.25) is 0 Å². The zero-order chi connectivity index (χ0) is 13.7. The Labute approximate surface area is 114 Å². The first-order valence-corrected chi connectivity index (χ1v) is 6.40. The van der Waals surface area contributed by atoms with Crippen LogP contribution in [0.15, 0.2) is 48.3 Å². The average molecular weight is 253 g/mol. The minimum absolute atomic E-state index is 0.944. The van der Waals surface area contributed by atoms with Crippen molar-refractivity contribution in [2.75, 3.05) is 7.11 Å². The molecular weight excluding hydrogens is 234 g/mol. The Hall–Kier alpha value is -2.09. The van der Waals surface area contributed by atoms with Gasteiger partial charge in [-0.1, -0.05) is 23.8 Å². The van der Waals surface area contributed by atoms with Crippen LogP contribution < -0.4 is 4.74 Å². The first-order valence-electron chi connectivity index (χ1n) is 6.40. The predicted molar refractivity (Wildman–Crippen MR) is 79.3 cm³/mol. The van der Waals surface area contributed by atoms with Crippen LogP contribution in [-0.2, 0) is 6.42 Å². The number of nitrogens with zero attached hydrogens (tertiary/aromatic N) is 1. The molecule has 1 aromatic heterocycles. The van der Waals surface area contributed by atoms with Crippen molar-refractivity contribution in [1.82, 2.24) is 4.98 Å². The second kappa shape index (κ2) is 6.19. The van der Waals surface area contributed by atoms with E-state index in [1.807, 2.05) is 30.6 Å². The smallest absolute Gasteiger partial charge is 0.121 e. The van der Waals surface area contributed by atoms with Gasteiger partial charge in [0.15, 0.2) is 0 Å². The van der Waals surface area contributed by atoms with Gasteiger partial charge in [-0.05, 0) is 55.2 Å². The van der Waals surface area contributed by atoms with Crippen molar-refractivity contribution in [3.63, 3.8) is 0 Å². The molecule has 0 bridgehead atoms. The van der Waals surface area contributed by atoms with Crippen molar-refractivity contribution >= 4 is 6.08 Å². The predicted octanol–water partition coefficient (Wildman–Crippen LogP) is 4.04. The summed E-state index contributed by atoms with van der Waals surface area (Å²) in [6.07, 6.45) is 6.78. The van der Waals surface area contributed by atoms with Gasteiger partial charge in [-0.3, -0.25) is 4.98 Å². The standard InChI is InChI=1S/C17H19NO/c1-13(10-15-6-8-18-9-7-15)11-16-4-5-17(19-3)14(2)12-16/h4-10,12H,11H2,1-3H3. The van der Waals surface area contributed by atoms with Gasteiger partial charge in [0.25, 0.3) is 0 Å². The normalized spacial score (nSPS) is 11.4. The molecule has 2 aromatic rings. The lowest BCUT2D eigenvalue weighted by Crippen LogP contribution is -1.91. The molecule has 0 aliphatic carbocycles. The molecule has 0 saturated heterocycles. The Morgan fingerprint density at radius 3 is 2.58 bits per heavy atom. The van der Waals surface area contributed by atoms with Crippen molar-refractivity contribution in [3.05, 3.63) is 65.0 Å². The van der Waals surface area contributed by atoms with E-state index in [1.54, 1.807) is 7.11 Å². The van der Waals surface area contributed by atoms with Gasteiger partial charge in [0.05, 0.1) is 7.11 Å². The van der Waals surface area contributed by atoms with Crippen molar-refractivity contribution in [3.8, 4) is 5.75 Å². The van der Waals surface area contributed by atoms with Gasteiger partial charge >= 0.3 is 0 Å². The number of pyridine rings is 1. The molecule has 0 atom stereocenters. The number of benzene rings is 1. The Morgan fingerprint density at radius 1 is 1.21 bits per heavy atom. The Bertz CT molecular complexity index is 573. The quantitative estimate of drug-likeness (QED) is 0.820. The van der Waals surface area contributed by atoms with Crippen LogP contribution in [0.5, 0.6) is 5.75 Å². The number of ether oxygens (including phenoxy) is 1. The Kier molecular flexibility index (Phi) is 4.35. The topological polar surface area (TPSA) is 22.1 Å². The fourth-order valence-corrected chi connectivity index (χ4v) is 2.17. The molecule has 0 aliphatic rings. The monoisotopic (exact) mass is 253 g/mol. The summed E-state index contributed by atoms with van der Waals surface area (Å²) in [5, 5.41) is 0. The van der Waals surface area contributed by atoms with E-state index in [4.69, 9.17) is 4.74 Å². The highest BCUT2D eigenvalue weighted by molar-refractivity contribution is 5.52. The summed E-state index contributed by atoms with van der Waals surface area (Å²) in [7, 11) is 1.70. The summed E-state index contributed by atoms with van der Waals surface area (Å²) < 4.78 is 5.28. The summed E-state index contributed by atoms with van der Waals surface area (Å²) >= 11 is 0. The number of aryl methyl sites for hydroxylation is 1. The molecule has 19 heavy (non-hydrogen) atoms. The van der Waals surface area contributed by atoms with Crippen LogP contribution in [0, 0.1) is 6.92 Å². The van der Waals surface area contributed by atoms with Crippen molar-refractivity contribution in [2.24, 2.45) is 0 Å². The second-order valence-electron chi connectivity index (χ2n) is 4.75. The molecule has 0 N–H and O–H groups in total. The molecule has 0 unspecified atom stereocenters. The SMILES string of the molecule is COc1ccc(CC(C)=Cc2ccncc2)cc1C. The number of hydrogen-bond acceptors (Lipinski definition) is 2. The summed E-state index contributed by atoms with van der Waals surface area (Å²) in [5.41, 5.74) is 5.01. The maximum atomic E-state index is 5.28. The summed E-state index contributed by atoms with van der Waals surface area (Å²) in [5.74, 6) is 0.944. The molecule has 0 spiro atoms. The zero-order valence-electron chi connectivity index (χ0n) is 11.7. The van der Waals surface area contributed by atoms with E-state index in [0.717, 1.165) is 12.2 Å². The van der Waals surface area contributed by atoms with E-state index in [-0.39, 0.29) is 0 Å². The Balaban J connectivity index is 2.13. The summed E-state index contributed by atoms with van der Waals surface area (Å²) in [6, 6.07) is 10.4. The van der Waals surface area contributed by atoms with Gasteiger partial charge in [0.1, 0.15) is 5.75 Å². The van der Waals surface area contributed by atoms with Crippen molar-refractivity contribution < 1.29 is 4.74 Å². The third-order valence-corrected chi connectivity index (χ3v) is 3.06. The number of aromatic nitrogens is 1. The number of methoxy groups -OCH3 is 1. The third kappa shape index (κ3) is 3.68. The maximum absolute atomic E-state index is 5.28. The highest BCUT2D eigenvalue weighted by atomic mass is 16.5. The summed E-state index contributed by atoms with van der Waals surface area (Å²) in [6.45, 7) is 4.23. The molecular formula is C17H19NO. The Morgan fingerprint density at radius 2 is 1.95 bits per heavy atom. The first-order chi connectivity index (χ1) is 9.19. The largest absolute Gasteiger partial charge is 0.496 e. The van der Waals surface area contributed by atoms with Crippen LogP contribution in [0.1, 0.15) is 23.6 Å². The molecule has 98 valence electrons. The number of hydrogen-bond donors (Lipinski definition) is 0. The molecule has 0 fully saturated rings. The first kappa shape index (κ1) is 13.3. The zero-order valence-corrected chi connectivity index (χ0v) is 11.7. The fraction of sp³-hybridized carbons (Fsp3) is 0.235. The molecule has 0 saturated carbocycles. The molecule has 0 amide bonds. The van der Waals surface area contributed by atoms with E-state index >= 15 is 0 Å². The van der Waals surface area contributed by atoms with Gasteiger partial charge < -0.3 is 4.74 Å². The highest BCUT2D eigenvalue weighted by Crippen LogP contribution is 2.20. The fourth-order valence-electron chi connectivity index (χ4n) is 2.17. The lowest BCUT2D eigenvalue weighted by Gasteiger charge is -2.08. The minimum atomic E-state index is 0.944. The van der Waals surface area contributed by atoms with Gasteiger partial charge in [-0.15, -0.1) is 0 Å². The molecule has 2 heteroatoms. The molecule has 2 rings (SSSR count). The van der Waals surface area contributed by atoms with Crippen LogP contribution in [0.25, 0.3) is 6.08 Å². The van der Waals surface area contributed by atoms with Crippen LogP contribution in [-0.4, -0.2) is 12.1 Å². The number of rotatable bonds is 4. The van der Waals surface area contributed by atoms with E-state index < -0.39 is 0 Å². The lowest BCUT2D eigenvalue weighted by molar-refractivity contribution is 0.411. The van der Waals surface area contributed by atoms with E-state index in [1.165, 1.54) is 22.3 Å². The van der Waals surface area contributed by atoms with Gasteiger partial charge in [-0.25, -0.2) is 0 Å². The molecule has 2 nitrogen and oxygen atoms in total. The van der Waals surface area contributed by atoms with Crippen LogP contribution in [0.2, 0.25) is 0 Å². The van der Waals surface area contributed by atoms with Gasteiger partial charge in [-0.2, -0.15) is 0 Å². The van der Waals surface area contributed by atoms with Crippen LogP contribution >= 0.6 is 0 Å². The number of allylic oxidation sites excluding steroid dienone is 1. The minimum Gasteiger partial charge on any atom is -0.496 e. The van der Waals surface area contributed by atoms with E-state index in [9.17, 15) is 0 Å². The molecule has 1 heterocycles. The molecule has 1 aromatic carbocycles. The summed E-state index contributed by atoms with van der Waals surface area (Å²) in [4.78, 5) is 4.02. The van der Waals surface area contributed by atoms with Crippen molar-refractivity contribution in [1.29, 1.82) is 0 Å². The molecule has 0 aliphatic heterocycles.